The lowest BCUT2D eigenvalue weighted by Crippen LogP contribution is -2.35. The summed E-state index contributed by atoms with van der Waals surface area (Å²) in [6, 6.07) is 5.81. The maximum absolute atomic E-state index is 12.2. The normalized spacial score (nSPS) is 13.3. The average molecular weight is 306 g/mol. The van der Waals surface area contributed by atoms with E-state index < -0.39 is 0 Å². The van der Waals surface area contributed by atoms with E-state index in [1.54, 1.807) is 17.3 Å². The highest BCUT2D eigenvalue weighted by Gasteiger charge is 2.21. The largest absolute Gasteiger partial charge is 0.327 e. The zero-order chi connectivity index (χ0) is 16.2. The summed E-state index contributed by atoms with van der Waals surface area (Å²) in [5.41, 5.74) is 3.77. The van der Waals surface area contributed by atoms with E-state index in [1.807, 2.05) is 32.0 Å². The van der Waals surface area contributed by atoms with E-state index in [2.05, 4.69) is 27.0 Å². The van der Waals surface area contributed by atoms with Gasteiger partial charge in [-0.25, -0.2) is 0 Å². The van der Waals surface area contributed by atoms with Gasteiger partial charge in [0.2, 0.25) is 0 Å². The van der Waals surface area contributed by atoms with Crippen molar-refractivity contribution in [1.29, 1.82) is 0 Å². The Bertz CT molecular complexity index is 775. The number of aromatic nitrogens is 3. The monoisotopic (exact) mass is 306 g/mol. The molecule has 0 unspecified atom stereocenters. The number of hydrogen-bond acceptors (Lipinski definition) is 4. The van der Waals surface area contributed by atoms with Crippen LogP contribution in [0.2, 0.25) is 0 Å². The van der Waals surface area contributed by atoms with Crippen molar-refractivity contribution in [2.45, 2.75) is 26.8 Å². The predicted octanol–water partition coefficient (Wildman–Crippen LogP) is 2.08. The molecule has 0 aliphatic carbocycles. The van der Waals surface area contributed by atoms with E-state index in [9.17, 15) is 4.79 Å². The van der Waals surface area contributed by atoms with Crippen molar-refractivity contribution in [3.8, 4) is 23.1 Å². The third-order valence-electron chi connectivity index (χ3n) is 3.67. The lowest BCUT2D eigenvalue weighted by atomic mass is 10.0. The SMILES string of the molecule is CC(C)C#CC(=O)N1CCc2nnc(-c3ccncc3)cc2C1. The van der Waals surface area contributed by atoms with Gasteiger partial charge in [0.25, 0.3) is 5.91 Å². The summed E-state index contributed by atoms with van der Waals surface area (Å²) in [5.74, 6) is 5.72. The number of carbonyl (C=O) groups excluding carboxylic acids is 1. The second-order valence-corrected chi connectivity index (χ2v) is 5.84. The van der Waals surface area contributed by atoms with E-state index in [-0.39, 0.29) is 11.8 Å². The average Bonchev–Trinajstić information content (AvgIpc) is 2.59. The molecule has 1 aliphatic rings. The first-order chi connectivity index (χ1) is 11.1. The van der Waals surface area contributed by atoms with Crippen LogP contribution in [0.5, 0.6) is 0 Å². The first-order valence-electron chi connectivity index (χ1n) is 7.70. The highest BCUT2D eigenvalue weighted by atomic mass is 16.2. The highest BCUT2D eigenvalue weighted by molar-refractivity contribution is 5.93. The molecule has 3 rings (SSSR count). The molecule has 0 saturated heterocycles. The van der Waals surface area contributed by atoms with Crippen LogP contribution in [0.25, 0.3) is 11.3 Å². The molecule has 1 amide bonds. The van der Waals surface area contributed by atoms with Crippen LogP contribution in [0.4, 0.5) is 0 Å². The second-order valence-electron chi connectivity index (χ2n) is 5.84. The fourth-order valence-corrected chi connectivity index (χ4v) is 2.45. The molecular formula is C18H18N4O. The molecule has 0 N–H and O–H groups in total. The van der Waals surface area contributed by atoms with Crippen LogP contribution in [0.15, 0.2) is 30.6 Å². The van der Waals surface area contributed by atoms with Gasteiger partial charge in [0, 0.05) is 43.4 Å². The Morgan fingerprint density at radius 2 is 2.04 bits per heavy atom. The zero-order valence-corrected chi connectivity index (χ0v) is 13.3. The van der Waals surface area contributed by atoms with E-state index >= 15 is 0 Å². The molecule has 5 heteroatoms. The third-order valence-corrected chi connectivity index (χ3v) is 3.67. The summed E-state index contributed by atoms with van der Waals surface area (Å²) < 4.78 is 0. The standard InChI is InChI=1S/C18H18N4O/c1-13(2)3-4-18(23)22-10-7-16-15(12-22)11-17(21-20-16)14-5-8-19-9-6-14/h5-6,8-9,11,13H,7,10,12H2,1-2H3. The molecule has 0 fully saturated rings. The van der Waals surface area contributed by atoms with Crippen LogP contribution in [0, 0.1) is 17.8 Å². The van der Waals surface area contributed by atoms with Gasteiger partial charge in [0.15, 0.2) is 0 Å². The summed E-state index contributed by atoms with van der Waals surface area (Å²) in [7, 11) is 0. The Balaban J connectivity index is 1.83. The van der Waals surface area contributed by atoms with Gasteiger partial charge < -0.3 is 4.90 Å². The maximum Gasteiger partial charge on any atom is 0.298 e. The molecule has 0 atom stereocenters. The topological polar surface area (TPSA) is 59.0 Å². The fraction of sp³-hybridized carbons (Fsp3) is 0.333. The summed E-state index contributed by atoms with van der Waals surface area (Å²) in [4.78, 5) is 18.0. The number of fused-ring (bicyclic) bond motifs is 1. The summed E-state index contributed by atoms with van der Waals surface area (Å²) in [5, 5.41) is 8.60. The van der Waals surface area contributed by atoms with Gasteiger partial charge >= 0.3 is 0 Å². The Hall–Kier alpha value is -2.74. The van der Waals surface area contributed by atoms with Crippen LogP contribution in [-0.2, 0) is 17.8 Å². The Labute approximate surface area is 135 Å². The van der Waals surface area contributed by atoms with E-state index in [0.717, 1.165) is 22.5 Å². The van der Waals surface area contributed by atoms with Crippen molar-refractivity contribution >= 4 is 5.91 Å². The van der Waals surface area contributed by atoms with Crippen LogP contribution in [0.3, 0.4) is 0 Å². The lowest BCUT2D eigenvalue weighted by Gasteiger charge is -2.26. The van der Waals surface area contributed by atoms with Crippen LogP contribution in [-0.4, -0.2) is 32.5 Å². The molecule has 2 aromatic heterocycles. The first-order valence-corrected chi connectivity index (χ1v) is 7.70. The number of carbonyl (C=O) groups is 1. The number of amides is 1. The van der Waals surface area contributed by atoms with Crippen molar-refractivity contribution < 1.29 is 4.79 Å². The molecule has 1 aliphatic heterocycles. The van der Waals surface area contributed by atoms with Gasteiger partial charge in [-0.2, -0.15) is 10.2 Å². The van der Waals surface area contributed by atoms with E-state index in [1.165, 1.54) is 0 Å². The van der Waals surface area contributed by atoms with Gasteiger partial charge in [-0.15, -0.1) is 0 Å². The smallest absolute Gasteiger partial charge is 0.298 e. The van der Waals surface area contributed by atoms with Gasteiger partial charge in [-0.05, 0) is 29.7 Å². The molecule has 0 radical (unpaired) electrons. The Kier molecular flexibility index (Phi) is 4.33. The minimum Gasteiger partial charge on any atom is -0.327 e. The van der Waals surface area contributed by atoms with E-state index in [0.29, 0.717) is 19.5 Å². The molecule has 0 bridgehead atoms. The van der Waals surface area contributed by atoms with Gasteiger partial charge in [0.05, 0.1) is 11.4 Å². The maximum atomic E-state index is 12.2. The van der Waals surface area contributed by atoms with Crippen molar-refractivity contribution in [3.05, 3.63) is 41.9 Å². The molecule has 116 valence electrons. The predicted molar refractivity (Wildman–Crippen MR) is 87.0 cm³/mol. The molecule has 3 heterocycles. The Morgan fingerprint density at radius 1 is 1.26 bits per heavy atom. The molecule has 0 spiro atoms. The van der Waals surface area contributed by atoms with Crippen molar-refractivity contribution in [1.82, 2.24) is 20.1 Å². The van der Waals surface area contributed by atoms with Gasteiger partial charge in [0.1, 0.15) is 0 Å². The third kappa shape index (κ3) is 3.54. The minimum absolute atomic E-state index is 0.119. The van der Waals surface area contributed by atoms with Crippen molar-refractivity contribution in [2.24, 2.45) is 5.92 Å². The highest BCUT2D eigenvalue weighted by Crippen LogP contribution is 2.22. The zero-order valence-electron chi connectivity index (χ0n) is 13.3. The first kappa shape index (κ1) is 15.2. The van der Waals surface area contributed by atoms with Crippen molar-refractivity contribution in [2.75, 3.05) is 6.54 Å². The van der Waals surface area contributed by atoms with Crippen LogP contribution < -0.4 is 0 Å². The van der Waals surface area contributed by atoms with Gasteiger partial charge in [-0.1, -0.05) is 19.8 Å². The summed E-state index contributed by atoms with van der Waals surface area (Å²) in [6.07, 6.45) is 4.18. The van der Waals surface area contributed by atoms with Crippen LogP contribution in [0.1, 0.15) is 25.1 Å². The quantitative estimate of drug-likeness (QED) is 0.757. The molecular weight excluding hydrogens is 288 g/mol. The number of nitrogens with zero attached hydrogens (tertiary/aromatic N) is 4. The van der Waals surface area contributed by atoms with Crippen LogP contribution >= 0.6 is 0 Å². The Morgan fingerprint density at radius 3 is 2.78 bits per heavy atom. The fourth-order valence-electron chi connectivity index (χ4n) is 2.45. The molecule has 0 aromatic carbocycles. The van der Waals surface area contributed by atoms with Crippen molar-refractivity contribution in [3.63, 3.8) is 0 Å². The number of rotatable bonds is 1. The lowest BCUT2D eigenvalue weighted by molar-refractivity contribution is -0.126. The summed E-state index contributed by atoms with van der Waals surface area (Å²) in [6.45, 7) is 5.13. The van der Waals surface area contributed by atoms with E-state index in [4.69, 9.17) is 0 Å². The molecule has 2 aromatic rings. The summed E-state index contributed by atoms with van der Waals surface area (Å²) >= 11 is 0. The molecule has 23 heavy (non-hydrogen) atoms. The second kappa shape index (κ2) is 6.57. The number of pyridine rings is 1. The minimum atomic E-state index is -0.119. The van der Waals surface area contributed by atoms with Gasteiger partial charge in [-0.3, -0.25) is 9.78 Å². The molecule has 5 nitrogen and oxygen atoms in total. The number of hydrogen-bond donors (Lipinski definition) is 0. The molecule has 0 saturated carbocycles.